The van der Waals surface area contributed by atoms with Crippen LogP contribution in [0.4, 0.5) is 0 Å². The zero-order valence-electron chi connectivity index (χ0n) is 21.4. The summed E-state index contributed by atoms with van der Waals surface area (Å²) in [7, 11) is 0. The van der Waals surface area contributed by atoms with Crippen LogP contribution in [0.15, 0.2) is 48.7 Å². The standard InChI is InChI=1S/C29H36N4O2S/c1-3-31(4-2)14-6-5-7-27(34)24-12-13-26-28(19-24)36-29-30-25(21-33(26)29)23-10-8-22(9-11-23)20-32-15-17-35-18-16-32/h8-13,19,21H,3-7,14-18,20H2,1-2H3. The summed E-state index contributed by atoms with van der Waals surface area (Å²) in [5, 5.41) is 0. The lowest BCUT2D eigenvalue weighted by Gasteiger charge is -2.26. The Morgan fingerprint density at radius 2 is 1.83 bits per heavy atom. The van der Waals surface area contributed by atoms with Crippen LogP contribution in [-0.4, -0.2) is 70.9 Å². The van der Waals surface area contributed by atoms with Gasteiger partial charge in [-0.25, -0.2) is 4.98 Å². The molecule has 1 aliphatic rings. The third-order valence-corrected chi connectivity index (χ3v) is 8.22. The molecule has 5 rings (SSSR count). The second-order valence-electron chi connectivity index (χ2n) is 9.56. The number of nitrogens with zero attached hydrogens (tertiary/aromatic N) is 4. The van der Waals surface area contributed by atoms with Crippen LogP contribution in [0.5, 0.6) is 0 Å². The number of Topliss-reactive ketones (excluding diaryl/α,β-unsaturated/α-hetero) is 1. The molecule has 0 saturated carbocycles. The summed E-state index contributed by atoms with van der Waals surface area (Å²) in [6.07, 6.45) is 4.73. The molecule has 0 spiro atoms. The van der Waals surface area contributed by atoms with Crippen LogP contribution >= 0.6 is 11.3 Å². The summed E-state index contributed by atoms with van der Waals surface area (Å²) in [6, 6.07) is 14.8. The molecule has 6 nitrogen and oxygen atoms in total. The third-order valence-electron chi connectivity index (χ3n) is 7.20. The number of benzene rings is 2. The molecule has 3 heterocycles. The van der Waals surface area contributed by atoms with Gasteiger partial charge in [0, 0.05) is 43.4 Å². The number of thiazole rings is 1. The Balaban J connectivity index is 1.24. The summed E-state index contributed by atoms with van der Waals surface area (Å²) >= 11 is 1.65. The van der Waals surface area contributed by atoms with Gasteiger partial charge in [-0.15, -0.1) is 0 Å². The first-order chi connectivity index (χ1) is 17.6. The van der Waals surface area contributed by atoms with Gasteiger partial charge in [0.15, 0.2) is 10.7 Å². The third kappa shape index (κ3) is 5.70. The maximum absolute atomic E-state index is 12.8. The van der Waals surface area contributed by atoms with Gasteiger partial charge >= 0.3 is 0 Å². The zero-order valence-corrected chi connectivity index (χ0v) is 22.2. The highest BCUT2D eigenvalue weighted by molar-refractivity contribution is 7.23. The second kappa shape index (κ2) is 11.6. The summed E-state index contributed by atoms with van der Waals surface area (Å²) in [4.78, 5) is 23.5. The average molecular weight is 505 g/mol. The number of hydrogen-bond acceptors (Lipinski definition) is 6. The van der Waals surface area contributed by atoms with Crippen molar-refractivity contribution in [2.75, 3.05) is 45.9 Å². The lowest BCUT2D eigenvalue weighted by Crippen LogP contribution is -2.35. The molecule has 0 N–H and O–H groups in total. The summed E-state index contributed by atoms with van der Waals surface area (Å²) < 4.78 is 8.71. The number of ether oxygens (including phenoxy) is 1. The first kappa shape index (κ1) is 25.1. The van der Waals surface area contributed by atoms with Crippen LogP contribution in [-0.2, 0) is 11.3 Å². The fourth-order valence-corrected chi connectivity index (χ4v) is 5.96. The number of aromatic nitrogens is 2. The maximum atomic E-state index is 12.8. The minimum absolute atomic E-state index is 0.236. The fourth-order valence-electron chi connectivity index (χ4n) is 4.92. The number of carbonyl (C=O) groups excluding carboxylic acids is 1. The van der Waals surface area contributed by atoms with Crippen LogP contribution in [0.2, 0.25) is 0 Å². The summed E-state index contributed by atoms with van der Waals surface area (Å²) in [5.41, 5.74) is 5.34. The topological polar surface area (TPSA) is 50.1 Å². The van der Waals surface area contributed by atoms with Crippen LogP contribution in [0, 0.1) is 0 Å². The van der Waals surface area contributed by atoms with E-state index >= 15 is 0 Å². The van der Waals surface area contributed by atoms with E-state index in [1.54, 1.807) is 11.3 Å². The van der Waals surface area contributed by atoms with E-state index in [1.807, 2.05) is 12.1 Å². The molecule has 0 bridgehead atoms. The second-order valence-corrected chi connectivity index (χ2v) is 10.6. The Labute approximate surface area is 217 Å². The summed E-state index contributed by atoms with van der Waals surface area (Å²) in [5.74, 6) is 0.236. The van der Waals surface area contributed by atoms with E-state index in [0.717, 1.165) is 97.3 Å². The van der Waals surface area contributed by atoms with Crippen LogP contribution in [0.1, 0.15) is 49.0 Å². The normalized spacial score (nSPS) is 14.9. The Bertz CT molecular complexity index is 1300. The predicted molar refractivity (Wildman–Crippen MR) is 148 cm³/mol. The first-order valence-corrected chi connectivity index (χ1v) is 14.0. The monoisotopic (exact) mass is 504 g/mol. The maximum Gasteiger partial charge on any atom is 0.195 e. The van der Waals surface area contributed by atoms with Gasteiger partial charge in [-0.2, -0.15) is 0 Å². The quantitative estimate of drug-likeness (QED) is 0.192. The molecular formula is C29H36N4O2S. The zero-order chi connectivity index (χ0) is 24.9. The van der Waals surface area contributed by atoms with Crippen LogP contribution < -0.4 is 0 Å². The van der Waals surface area contributed by atoms with Crippen molar-refractivity contribution in [1.29, 1.82) is 0 Å². The summed E-state index contributed by atoms with van der Waals surface area (Å²) in [6.45, 7) is 12.2. The van der Waals surface area contributed by atoms with Gasteiger partial charge in [-0.3, -0.25) is 14.1 Å². The lowest BCUT2D eigenvalue weighted by molar-refractivity contribution is 0.0342. The average Bonchev–Trinajstić information content (AvgIpc) is 3.47. The van der Waals surface area contributed by atoms with E-state index in [4.69, 9.17) is 9.72 Å². The molecule has 36 heavy (non-hydrogen) atoms. The van der Waals surface area contributed by atoms with E-state index in [2.05, 4.69) is 64.6 Å². The molecule has 1 fully saturated rings. The molecule has 0 aliphatic carbocycles. The van der Waals surface area contributed by atoms with E-state index in [9.17, 15) is 4.79 Å². The minimum Gasteiger partial charge on any atom is -0.379 e. The van der Waals surface area contributed by atoms with Gasteiger partial charge in [0.1, 0.15) is 0 Å². The molecule has 2 aromatic carbocycles. The number of fused-ring (bicyclic) bond motifs is 3. The van der Waals surface area contributed by atoms with E-state index < -0.39 is 0 Å². The molecule has 190 valence electrons. The van der Waals surface area contributed by atoms with Gasteiger partial charge in [0.2, 0.25) is 0 Å². The highest BCUT2D eigenvalue weighted by Crippen LogP contribution is 2.30. The van der Waals surface area contributed by atoms with Gasteiger partial charge in [0.05, 0.1) is 29.1 Å². The highest BCUT2D eigenvalue weighted by atomic mass is 32.1. The largest absolute Gasteiger partial charge is 0.379 e. The van der Waals surface area contributed by atoms with Crippen molar-refractivity contribution in [2.24, 2.45) is 0 Å². The van der Waals surface area contributed by atoms with E-state index in [1.165, 1.54) is 5.56 Å². The highest BCUT2D eigenvalue weighted by Gasteiger charge is 2.14. The Morgan fingerprint density at radius 3 is 2.58 bits per heavy atom. The molecule has 0 amide bonds. The molecule has 2 aromatic heterocycles. The van der Waals surface area contributed by atoms with Crippen molar-refractivity contribution < 1.29 is 9.53 Å². The van der Waals surface area contributed by atoms with Crippen molar-refractivity contribution in [3.63, 3.8) is 0 Å². The number of unbranched alkanes of at least 4 members (excludes halogenated alkanes) is 1. The Hall–Kier alpha value is -2.58. The van der Waals surface area contributed by atoms with Crippen molar-refractivity contribution in [3.8, 4) is 11.3 Å². The predicted octanol–water partition coefficient (Wildman–Crippen LogP) is 5.74. The SMILES string of the molecule is CCN(CC)CCCCC(=O)c1ccc2c(c1)sc1nc(-c3ccc(CN4CCOCC4)cc3)cn12. The lowest BCUT2D eigenvalue weighted by atomic mass is 10.1. The van der Waals surface area contributed by atoms with E-state index in [0.29, 0.717) is 6.42 Å². The fraction of sp³-hybridized carbons (Fsp3) is 0.448. The number of imidazole rings is 1. The Kier molecular flexibility index (Phi) is 8.12. The molecule has 0 radical (unpaired) electrons. The number of carbonyl (C=O) groups is 1. The number of hydrogen-bond donors (Lipinski definition) is 0. The smallest absolute Gasteiger partial charge is 0.195 e. The molecule has 7 heteroatoms. The van der Waals surface area contributed by atoms with Gasteiger partial charge in [0.25, 0.3) is 0 Å². The number of ketones is 1. The molecular weight excluding hydrogens is 468 g/mol. The van der Waals surface area contributed by atoms with Gasteiger partial charge < -0.3 is 9.64 Å². The number of rotatable bonds is 11. The molecule has 0 unspecified atom stereocenters. The molecule has 1 aliphatic heterocycles. The first-order valence-electron chi connectivity index (χ1n) is 13.2. The van der Waals surface area contributed by atoms with Crippen LogP contribution in [0.25, 0.3) is 26.4 Å². The van der Waals surface area contributed by atoms with Crippen molar-refractivity contribution in [1.82, 2.24) is 19.2 Å². The number of morpholine rings is 1. The molecule has 0 atom stereocenters. The Morgan fingerprint density at radius 1 is 1.06 bits per heavy atom. The van der Waals surface area contributed by atoms with Crippen LogP contribution in [0.3, 0.4) is 0 Å². The minimum atomic E-state index is 0.236. The van der Waals surface area contributed by atoms with Crippen molar-refractivity contribution in [3.05, 3.63) is 59.8 Å². The molecule has 4 aromatic rings. The van der Waals surface area contributed by atoms with Crippen molar-refractivity contribution in [2.45, 2.75) is 39.7 Å². The van der Waals surface area contributed by atoms with Gasteiger partial charge in [-0.1, -0.05) is 49.4 Å². The van der Waals surface area contributed by atoms with Crippen molar-refractivity contribution >= 4 is 32.3 Å². The molecule has 1 saturated heterocycles. The van der Waals surface area contributed by atoms with Gasteiger partial charge in [-0.05, 0) is 56.2 Å². The van der Waals surface area contributed by atoms with E-state index in [-0.39, 0.29) is 5.78 Å².